The average molecular weight is 506 g/mol. The molecule has 0 aliphatic carbocycles. The molecule has 1 heterocycles. The van der Waals surface area contributed by atoms with Crippen molar-refractivity contribution in [2.45, 2.75) is 26.7 Å². The van der Waals surface area contributed by atoms with Gasteiger partial charge in [0.05, 0.1) is 24.4 Å². The van der Waals surface area contributed by atoms with Crippen LogP contribution in [0.25, 0.3) is 22.2 Å². The van der Waals surface area contributed by atoms with Crippen LogP contribution in [0.3, 0.4) is 0 Å². The molecule has 0 N–H and O–H groups in total. The molecule has 0 unspecified atom stereocenters. The lowest BCUT2D eigenvalue weighted by molar-refractivity contribution is -0.145. The maximum atomic E-state index is 11.7. The van der Waals surface area contributed by atoms with Crippen LogP contribution in [0.1, 0.15) is 29.8 Å². The number of hydrogen-bond donors (Lipinski definition) is 0. The quantitative estimate of drug-likeness (QED) is 0.187. The first-order chi connectivity index (χ1) is 18.7. The summed E-state index contributed by atoms with van der Waals surface area (Å²) in [6.07, 6.45) is -0.400. The van der Waals surface area contributed by atoms with Gasteiger partial charge in [-0.05, 0) is 48.7 Å². The Balaban J connectivity index is 1.57. The summed E-state index contributed by atoms with van der Waals surface area (Å²) in [6.45, 7) is 4.60. The van der Waals surface area contributed by atoms with Gasteiger partial charge in [-0.1, -0.05) is 91.0 Å². The molecule has 0 radical (unpaired) electrons. The number of fused-ring (bicyclic) bond motifs is 1. The van der Waals surface area contributed by atoms with E-state index in [4.69, 9.17) is 14.2 Å². The molecule has 1 aromatic heterocycles. The van der Waals surface area contributed by atoms with Crippen LogP contribution in [-0.2, 0) is 20.9 Å². The lowest BCUT2D eigenvalue weighted by atomic mass is 10.1. The van der Waals surface area contributed by atoms with Crippen molar-refractivity contribution in [3.63, 3.8) is 0 Å². The standard InChI is InChI=1S/C33H31NO4/c1-3-36-31(35)23-37-28-20-18-27(19-21-28)33(38-22-25-12-6-4-7-13-25)34-30-17-11-10-16-29(30)24(2)32(34)26-14-8-5-9-15-26/h4-21,33H,3,22-23H2,1-2H3/t33-/m0/s1. The van der Waals surface area contributed by atoms with Gasteiger partial charge in [0.2, 0.25) is 0 Å². The zero-order valence-corrected chi connectivity index (χ0v) is 21.7. The number of aryl methyl sites for hydroxylation is 1. The average Bonchev–Trinajstić information content (AvgIpc) is 3.26. The van der Waals surface area contributed by atoms with E-state index in [-0.39, 0.29) is 12.6 Å². The van der Waals surface area contributed by atoms with Crippen LogP contribution < -0.4 is 4.74 Å². The van der Waals surface area contributed by atoms with E-state index in [9.17, 15) is 4.79 Å². The molecule has 0 bridgehead atoms. The molecule has 38 heavy (non-hydrogen) atoms. The Morgan fingerprint density at radius 1 is 0.816 bits per heavy atom. The third kappa shape index (κ3) is 5.48. The normalized spacial score (nSPS) is 11.8. The van der Waals surface area contributed by atoms with Crippen molar-refractivity contribution < 1.29 is 19.0 Å². The van der Waals surface area contributed by atoms with Gasteiger partial charge in [0.25, 0.3) is 0 Å². The van der Waals surface area contributed by atoms with Crippen molar-refractivity contribution in [1.82, 2.24) is 4.57 Å². The van der Waals surface area contributed by atoms with Crippen LogP contribution in [0.5, 0.6) is 5.75 Å². The lowest BCUT2D eigenvalue weighted by Crippen LogP contribution is -2.16. The Bertz CT molecular complexity index is 1490. The third-order valence-corrected chi connectivity index (χ3v) is 6.52. The van der Waals surface area contributed by atoms with Gasteiger partial charge in [0, 0.05) is 10.9 Å². The summed E-state index contributed by atoms with van der Waals surface area (Å²) in [5.41, 5.74) is 6.62. The molecule has 5 nitrogen and oxygen atoms in total. The fraction of sp³-hybridized carbons (Fsp3) is 0.182. The molecule has 0 saturated heterocycles. The zero-order chi connectivity index (χ0) is 26.3. The largest absolute Gasteiger partial charge is 0.482 e. The highest BCUT2D eigenvalue weighted by atomic mass is 16.6. The van der Waals surface area contributed by atoms with E-state index in [0.717, 1.165) is 27.9 Å². The summed E-state index contributed by atoms with van der Waals surface area (Å²) in [4.78, 5) is 11.7. The molecule has 0 aliphatic heterocycles. The minimum atomic E-state index is -0.400. The zero-order valence-electron chi connectivity index (χ0n) is 21.7. The van der Waals surface area contributed by atoms with Crippen LogP contribution >= 0.6 is 0 Å². The van der Waals surface area contributed by atoms with Gasteiger partial charge in [0.15, 0.2) is 12.8 Å². The van der Waals surface area contributed by atoms with E-state index < -0.39 is 6.23 Å². The van der Waals surface area contributed by atoms with Crippen LogP contribution in [0.15, 0.2) is 109 Å². The molecule has 0 saturated carbocycles. The Hall–Kier alpha value is -4.35. The molecular formula is C33H31NO4. The third-order valence-electron chi connectivity index (χ3n) is 6.52. The summed E-state index contributed by atoms with van der Waals surface area (Å²) in [5.74, 6) is 0.211. The molecule has 5 aromatic rings. The summed E-state index contributed by atoms with van der Waals surface area (Å²) >= 11 is 0. The summed E-state index contributed by atoms with van der Waals surface area (Å²) in [7, 11) is 0. The minimum Gasteiger partial charge on any atom is -0.482 e. The van der Waals surface area contributed by atoms with E-state index >= 15 is 0 Å². The Kier molecular flexibility index (Phi) is 7.86. The van der Waals surface area contributed by atoms with E-state index in [1.165, 1.54) is 10.9 Å². The lowest BCUT2D eigenvalue weighted by Gasteiger charge is -2.25. The van der Waals surface area contributed by atoms with Gasteiger partial charge < -0.3 is 18.8 Å². The van der Waals surface area contributed by atoms with Crippen LogP contribution in [-0.4, -0.2) is 23.8 Å². The van der Waals surface area contributed by atoms with Gasteiger partial charge in [-0.3, -0.25) is 0 Å². The predicted octanol–water partition coefficient (Wildman–Crippen LogP) is 7.32. The smallest absolute Gasteiger partial charge is 0.344 e. The summed E-state index contributed by atoms with van der Waals surface area (Å²) in [6, 6.07) is 36.8. The van der Waals surface area contributed by atoms with E-state index in [1.807, 2.05) is 48.5 Å². The SMILES string of the molecule is CCOC(=O)COc1ccc([C@H](OCc2ccccc2)n2c(-c3ccccc3)c(C)c3ccccc32)cc1. The fourth-order valence-electron chi connectivity index (χ4n) is 4.77. The molecular weight excluding hydrogens is 474 g/mol. The van der Waals surface area contributed by atoms with Gasteiger partial charge >= 0.3 is 5.97 Å². The molecule has 4 aromatic carbocycles. The Morgan fingerprint density at radius 2 is 1.47 bits per heavy atom. The highest BCUT2D eigenvalue weighted by Crippen LogP contribution is 2.38. The number of esters is 1. The number of nitrogens with zero attached hydrogens (tertiary/aromatic N) is 1. The first kappa shape index (κ1) is 25.3. The molecule has 0 spiro atoms. The number of carbonyl (C=O) groups is 1. The van der Waals surface area contributed by atoms with Crippen molar-refractivity contribution in [2.75, 3.05) is 13.2 Å². The maximum Gasteiger partial charge on any atom is 0.344 e. The molecule has 192 valence electrons. The molecule has 1 atom stereocenters. The molecule has 0 aliphatic rings. The van der Waals surface area contributed by atoms with E-state index in [0.29, 0.717) is 19.0 Å². The first-order valence-corrected chi connectivity index (χ1v) is 12.8. The first-order valence-electron chi connectivity index (χ1n) is 12.8. The second kappa shape index (κ2) is 11.8. The number of rotatable bonds is 10. The van der Waals surface area contributed by atoms with Gasteiger partial charge in [-0.25, -0.2) is 4.79 Å². The topological polar surface area (TPSA) is 49.7 Å². The molecule has 5 heteroatoms. The Labute approximate surface area is 223 Å². The second-order valence-corrected chi connectivity index (χ2v) is 9.04. The van der Waals surface area contributed by atoms with Gasteiger partial charge in [-0.2, -0.15) is 0 Å². The number of aromatic nitrogens is 1. The van der Waals surface area contributed by atoms with E-state index in [1.54, 1.807) is 6.92 Å². The number of para-hydroxylation sites is 1. The highest BCUT2D eigenvalue weighted by molar-refractivity contribution is 5.91. The molecule has 5 rings (SSSR count). The minimum absolute atomic E-state index is 0.124. The van der Waals surface area contributed by atoms with Crippen molar-refractivity contribution in [3.8, 4) is 17.0 Å². The number of carbonyl (C=O) groups excluding carboxylic acids is 1. The van der Waals surface area contributed by atoms with Crippen molar-refractivity contribution in [3.05, 3.63) is 126 Å². The maximum absolute atomic E-state index is 11.7. The summed E-state index contributed by atoms with van der Waals surface area (Å²) < 4.78 is 19.6. The predicted molar refractivity (Wildman–Crippen MR) is 150 cm³/mol. The van der Waals surface area contributed by atoms with Crippen LogP contribution in [0.2, 0.25) is 0 Å². The highest BCUT2D eigenvalue weighted by Gasteiger charge is 2.24. The van der Waals surface area contributed by atoms with Crippen molar-refractivity contribution >= 4 is 16.9 Å². The van der Waals surface area contributed by atoms with Gasteiger partial charge in [-0.15, -0.1) is 0 Å². The number of benzene rings is 4. The van der Waals surface area contributed by atoms with Crippen LogP contribution in [0, 0.1) is 6.92 Å². The summed E-state index contributed by atoms with van der Waals surface area (Å²) in [5, 5.41) is 1.19. The number of ether oxygens (including phenoxy) is 3. The molecule has 0 amide bonds. The second-order valence-electron chi connectivity index (χ2n) is 9.04. The van der Waals surface area contributed by atoms with Crippen LogP contribution in [0.4, 0.5) is 0 Å². The monoisotopic (exact) mass is 505 g/mol. The van der Waals surface area contributed by atoms with E-state index in [2.05, 4.69) is 72.2 Å². The molecule has 0 fully saturated rings. The van der Waals surface area contributed by atoms with Crippen molar-refractivity contribution in [2.24, 2.45) is 0 Å². The van der Waals surface area contributed by atoms with Crippen molar-refractivity contribution in [1.29, 1.82) is 0 Å². The fourth-order valence-corrected chi connectivity index (χ4v) is 4.77. The number of hydrogen-bond acceptors (Lipinski definition) is 4. The Morgan fingerprint density at radius 3 is 2.18 bits per heavy atom. The van der Waals surface area contributed by atoms with Gasteiger partial charge in [0.1, 0.15) is 5.75 Å².